The number of likely N-dealkylation sites (N-methyl/N-ethyl adjacent to an activating group) is 1. The predicted molar refractivity (Wildman–Crippen MR) is 100 cm³/mol. The Morgan fingerprint density at radius 2 is 1.84 bits per heavy atom. The van der Waals surface area contributed by atoms with Gasteiger partial charge in [0.1, 0.15) is 17.9 Å². The minimum absolute atomic E-state index is 0.308. The SMILES string of the molecule is Cc1cccc(OCCN(C)Cc2cc(=O)oc3cc(C)ccc23)c1. The minimum atomic E-state index is -0.308. The van der Waals surface area contributed by atoms with E-state index in [-0.39, 0.29) is 5.63 Å². The number of rotatable bonds is 6. The highest BCUT2D eigenvalue weighted by Crippen LogP contribution is 2.19. The van der Waals surface area contributed by atoms with Crippen LogP contribution in [0.2, 0.25) is 0 Å². The van der Waals surface area contributed by atoms with Crippen molar-refractivity contribution in [1.82, 2.24) is 4.90 Å². The van der Waals surface area contributed by atoms with E-state index >= 15 is 0 Å². The van der Waals surface area contributed by atoms with Gasteiger partial charge in [0, 0.05) is 24.5 Å². The van der Waals surface area contributed by atoms with E-state index < -0.39 is 0 Å². The summed E-state index contributed by atoms with van der Waals surface area (Å²) >= 11 is 0. The molecule has 2 aromatic carbocycles. The molecule has 4 nitrogen and oxygen atoms in total. The van der Waals surface area contributed by atoms with E-state index in [1.54, 1.807) is 6.07 Å². The van der Waals surface area contributed by atoms with Crippen LogP contribution in [0.5, 0.6) is 5.75 Å². The van der Waals surface area contributed by atoms with Crippen molar-refractivity contribution in [2.45, 2.75) is 20.4 Å². The Labute approximate surface area is 147 Å². The topological polar surface area (TPSA) is 42.7 Å². The molecule has 0 radical (unpaired) electrons. The molecule has 0 saturated carbocycles. The third-order valence-electron chi connectivity index (χ3n) is 4.16. The fourth-order valence-electron chi connectivity index (χ4n) is 2.86. The van der Waals surface area contributed by atoms with Gasteiger partial charge in [-0.1, -0.05) is 24.3 Å². The van der Waals surface area contributed by atoms with Crippen LogP contribution in [-0.2, 0) is 6.54 Å². The molecule has 0 N–H and O–H groups in total. The fraction of sp³-hybridized carbons (Fsp3) is 0.286. The molecule has 1 aromatic heterocycles. The normalized spacial score (nSPS) is 11.2. The lowest BCUT2D eigenvalue weighted by atomic mass is 10.1. The largest absolute Gasteiger partial charge is 0.492 e. The minimum Gasteiger partial charge on any atom is -0.492 e. The van der Waals surface area contributed by atoms with E-state index in [2.05, 4.69) is 4.90 Å². The molecule has 25 heavy (non-hydrogen) atoms. The van der Waals surface area contributed by atoms with Crippen LogP contribution in [0.15, 0.2) is 57.7 Å². The van der Waals surface area contributed by atoms with Crippen LogP contribution in [0.4, 0.5) is 0 Å². The summed E-state index contributed by atoms with van der Waals surface area (Å²) in [4.78, 5) is 14.0. The summed E-state index contributed by atoms with van der Waals surface area (Å²) in [7, 11) is 2.02. The van der Waals surface area contributed by atoms with E-state index in [0.717, 1.165) is 28.8 Å². The Morgan fingerprint density at radius 1 is 1.04 bits per heavy atom. The molecular weight excluding hydrogens is 314 g/mol. The molecule has 0 spiro atoms. The van der Waals surface area contributed by atoms with Crippen LogP contribution in [0.25, 0.3) is 11.0 Å². The van der Waals surface area contributed by atoms with Crippen molar-refractivity contribution in [2.24, 2.45) is 0 Å². The lowest BCUT2D eigenvalue weighted by Gasteiger charge is -2.18. The lowest BCUT2D eigenvalue weighted by Crippen LogP contribution is -2.24. The van der Waals surface area contributed by atoms with E-state index in [0.29, 0.717) is 18.7 Å². The summed E-state index contributed by atoms with van der Waals surface area (Å²) < 4.78 is 11.1. The van der Waals surface area contributed by atoms with E-state index in [9.17, 15) is 4.79 Å². The van der Waals surface area contributed by atoms with Gasteiger partial charge in [-0.15, -0.1) is 0 Å². The van der Waals surface area contributed by atoms with Gasteiger partial charge in [-0.05, 0) is 55.8 Å². The smallest absolute Gasteiger partial charge is 0.336 e. The molecule has 130 valence electrons. The maximum atomic E-state index is 11.8. The molecule has 0 unspecified atom stereocenters. The van der Waals surface area contributed by atoms with Crippen LogP contribution in [0, 0.1) is 13.8 Å². The first kappa shape index (κ1) is 17.2. The fourth-order valence-corrected chi connectivity index (χ4v) is 2.86. The number of fused-ring (bicyclic) bond motifs is 1. The summed E-state index contributed by atoms with van der Waals surface area (Å²) in [6, 6.07) is 15.6. The zero-order valence-corrected chi connectivity index (χ0v) is 14.9. The number of benzene rings is 2. The zero-order valence-electron chi connectivity index (χ0n) is 14.9. The molecule has 0 atom stereocenters. The van der Waals surface area contributed by atoms with Gasteiger partial charge in [0.15, 0.2) is 0 Å². The van der Waals surface area contributed by atoms with E-state index in [1.165, 1.54) is 5.56 Å². The predicted octanol–water partition coefficient (Wildman–Crippen LogP) is 3.92. The first-order valence-electron chi connectivity index (χ1n) is 8.43. The summed E-state index contributed by atoms with van der Waals surface area (Å²) in [6.07, 6.45) is 0. The highest BCUT2D eigenvalue weighted by molar-refractivity contribution is 5.80. The van der Waals surface area contributed by atoms with Crippen molar-refractivity contribution in [2.75, 3.05) is 20.2 Å². The second-order valence-corrected chi connectivity index (χ2v) is 6.49. The molecule has 0 fully saturated rings. The molecule has 0 saturated heterocycles. The van der Waals surface area contributed by atoms with Gasteiger partial charge in [0.25, 0.3) is 0 Å². The van der Waals surface area contributed by atoms with Gasteiger partial charge in [0.05, 0.1) is 0 Å². The summed E-state index contributed by atoms with van der Waals surface area (Å²) in [5, 5.41) is 0.983. The molecule has 3 rings (SSSR count). The van der Waals surface area contributed by atoms with Crippen LogP contribution < -0.4 is 10.4 Å². The Kier molecular flexibility index (Phi) is 5.19. The zero-order chi connectivity index (χ0) is 17.8. The monoisotopic (exact) mass is 337 g/mol. The third kappa shape index (κ3) is 4.48. The average Bonchev–Trinajstić information content (AvgIpc) is 2.54. The quantitative estimate of drug-likeness (QED) is 0.639. The lowest BCUT2D eigenvalue weighted by molar-refractivity contribution is 0.233. The summed E-state index contributed by atoms with van der Waals surface area (Å²) in [5.41, 5.74) is 3.57. The second-order valence-electron chi connectivity index (χ2n) is 6.49. The van der Waals surface area contributed by atoms with Crippen molar-refractivity contribution in [3.05, 3.63) is 75.6 Å². The Morgan fingerprint density at radius 3 is 2.64 bits per heavy atom. The van der Waals surface area contributed by atoms with Gasteiger partial charge in [-0.3, -0.25) is 4.90 Å². The first-order chi connectivity index (χ1) is 12.0. The molecule has 3 aromatic rings. The van der Waals surface area contributed by atoms with Crippen LogP contribution >= 0.6 is 0 Å². The van der Waals surface area contributed by atoms with Crippen molar-refractivity contribution < 1.29 is 9.15 Å². The van der Waals surface area contributed by atoms with Crippen LogP contribution in [-0.4, -0.2) is 25.1 Å². The van der Waals surface area contributed by atoms with Gasteiger partial charge in [-0.2, -0.15) is 0 Å². The summed E-state index contributed by atoms with van der Waals surface area (Å²) in [6.45, 7) is 6.07. The molecule has 0 aliphatic carbocycles. The molecule has 1 heterocycles. The molecule has 0 aliphatic heterocycles. The van der Waals surface area contributed by atoms with Gasteiger partial charge in [0.2, 0.25) is 0 Å². The van der Waals surface area contributed by atoms with Gasteiger partial charge >= 0.3 is 5.63 Å². The highest BCUT2D eigenvalue weighted by Gasteiger charge is 2.09. The van der Waals surface area contributed by atoms with Gasteiger partial charge < -0.3 is 9.15 Å². The number of aryl methyl sites for hydroxylation is 2. The number of hydrogen-bond acceptors (Lipinski definition) is 4. The Balaban J connectivity index is 1.65. The maximum Gasteiger partial charge on any atom is 0.336 e. The number of nitrogens with zero attached hydrogens (tertiary/aromatic N) is 1. The van der Waals surface area contributed by atoms with Crippen molar-refractivity contribution in [3.63, 3.8) is 0 Å². The number of hydrogen-bond donors (Lipinski definition) is 0. The molecule has 0 bridgehead atoms. The summed E-state index contributed by atoms with van der Waals surface area (Å²) in [5.74, 6) is 0.884. The van der Waals surface area contributed by atoms with E-state index in [1.807, 2.05) is 63.4 Å². The maximum absolute atomic E-state index is 11.8. The van der Waals surface area contributed by atoms with Gasteiger partial charge in [-0.25, -0.2) is 4.79 Å². The molecule has 0 aliphatic rings. The highest BCUT2D eigenvalue weighted by atomic mass is 16.5. The van der Waals surface area contributed by atoms with Crippen LogP contribution in [0.1, 0.15) is 16.7 Å². The second kappa shape index (κ2) is 7.53. The van der Waals surface area contributed by atoms with E-state index in [4.69, 9.17) is 9.15 Å². The van der Waals surface area contributed by atoms with Crippen molar-refractivity contribution in [1.29, 1.82) is 0 Å². The third-order valence-corrected chi connectivity index (χ3v) is 4.16. The number of ether oxygens (including phenoxy) is 1. The Hall–Kier alpha value is -2.59. The molecule has 0 amide bonds. The first-order valence-corrected chi connectivity index (χ1v) is 8.43. The van der Waals surface area contributed by atoms with Crippen molar-refractivity contribution in [3.8, 4) is 5.75 Å². The molecular formula is C21H23NO3. The average molecular weight is 337 g/mol. The standard InChI is InChI=1S/C21H23NO3/c1-15-5-4-6-18(11-15)24-10-9-22(3)14-17-13-21(23)25-20-12-16(2)7-8-19(17)20/h4-8,11-13H,9-10,14H2,1-3H3. The van der Waals surface area contributed by atoms with Crippen LogP contribution in [0.3, 0.4) is 0 Å². The van der Waals surface area contributed by atoms with Crippen molar-refractivity contribution >= 4 is 11.0 Å². The molecule has 4 heteroatoms. The Bertz CT molecular complexity index is 930.